The monoisotopic (exact) mass is 291 g/mol. The fraction of sp³-hybridized carbons (Fsp3) is 0.917. The minimum Gasteiger partial charge on any atom is -0.339 e. The number of hydrogen-bond acceptors (Lipinski definition) is 4. The maximum atomic E-state index is 12.2. The van der Waals surface area contributed by atoms with E-state index in [0.717, 1.165) is 25.6 Å². The Morgan fingerprint density at radius 2 is 2.05 bits per heavy atom. The molecule has 1 rings (SSSR count). The van der Waals surface area contributed by atoms with Crippen LogP contribution in [0.5, 0.6) is 0 Å². The largest absolute Gasteiger partial charge is 0.339 e. The smallest absolute Gasteiger partial charge is 0.239 e. The van der Waals surface area contributed by atoms with Crippen LogP contribution >= 0.6 is 0 Å². The summed E-state index contributed by atoms with van der Waals surface area (Å²) in [6.07, 6.45) is 2.93. The van der Waals surface area contributed by atoms with Crippen molar-refractivity contribution in [3.63, 3.8) is 0 Å². The molecular weight excluding hydrogens is 266 g/mol. The van der Waals surface area contributed by atoms with Gasteiger partial charge in [0.25, 0.3) is 0 Å². The summed E-state index contributed by atoms with van der Waals surface area (Å²) < 4.78 is 25.2. The van der Waals surface area contributed by atoms with E-state index in [-0.39, 0.29) is 11.9 Å². The van der Waals surface area contributed by atoms with Gasteiger partial charge in [0.15, 0.2) is 0 Å². The molecule has 1 unspecified atom stereocenters. The molecule has 0 aliphatic carbocycles. The van der Waals surface area contributed by atoms with E-state index in [1.54, 1.807) is 18.7 Å². The average molecular weight is 291 g/mol. The first kappa shape index (κ1) is 16.4. The molecule has 1 atom stereocenters. The van der Waals surface area contributed by atoms with Crippen molar-refractivity contribution in [1.82, 2.24) is 14.9 Å². The minimum absolute atomic E-state index is 0.0662. The summed E-state index contributed by atoms with van der Waals surface area (Å²) in [6, 6.07) is -0.132. The zero-order valence-corrected chi connectivity index (χ0v) is 13.0. The summed E-state index contributed by atoms with van der Waals surface area (Å²) in [7, 11) is -3.28. The molecule has 1 aliphatic rings. The summed E-state index contributed by atoms with van der Waals surface area (Å²) in [4.78, 5) is 14.0. The number of rotatable bonds is 6. The van der Waals surface area contributed by atoms with Crippen LogP contribution in [0.15, 0.2) is 0 Å². The van der Waals surface area contributed by atoms with E-state index in [2.05, 4.69) is 10.0 Å². The standard InChI is InChI=1S/C12H25N3O3S/c1-5-13-10-7-6-8-15(11(10)16)9-12(2,3)14-19(4,17)18/h10,13-14H,5-9H2,1-4H3. The van der Waals surface area contributed by atoms with E-state index in [4.69, 9.17) is 0 Å². The van der Waals surface area contributed by atoms with Gasteiger partial charge in [0.05, 0.1) is 12.3 Å². The first-order valence-corrected chi connectivity index (χ1v) is 8.55. The topological polar surface area (TPSA) is 78.5 Å². The lowest BCUT2D eigenvalue weighted by molar-refractivity contribution is -0.136. The number of likely N-dealkylation sites (N-methyl/N-ethyl adjacent to an activating group) is 1. The van der Waals surface area contributed by atoms with Crippen molar-refractivity contribution in [3.8, 4) is 0 Å². The molecule has 2 N–H and O–H groups in total. The summed E-state index contributed by atoms with van der Waals surface area (Å²) in [5, 5.41) is 3.17. The highest BCUT2D eigenvalue weighted by atomic mass is 32.2. The summed E-state index contributed by atoms with van der Waals surface area (Å²) in [5.41, 5.74) is -0.655. The fourth-order valence-corrected chi connectivity index (χ4v) is 3.61. The molecule has 112 valence electrons. The van der Waals surface area contributed by atoms with Crippen LogP contribution in [-0.2, 0) is 14.8 Å². The van der Waals surface area contributed by atoms with Gasteiger partial charge in [-0.3, -0.25) is 4.79 Å². The second kappa shape index (κ2) is 6.19. The van der Waals surface area contributed by atoms with Crippen LogP contribution in [0.2, 0.25) is 0 Å². The van der Waals surface area contributed by atoms with E-state index < -0.39 is 15.6 Å². The molecule has 6 nitrogen and oxygen atoms in total. The van der Waals surface area contributed by atoms with Crippen molar-refractivity contribution in [2.75, 3.05) is 25.9 Å². The van der Waals surface area contributed by atoms with Crippen LogP contribution in [0.25, 0.3) is 0 Å². The fourth-order valence-electron chi connectivity index (χ4n) is 2.54. The van der Waals surface area contributed by atoms with Crippen LogP contribution < -0.4 is 10.0 Å². The van der Waals surface area contributed by atoms with Crippen LogP contribution in [0.3, 0.4) is 0 Å². The number of amides is 1. The van der Waals surface area contributed by atoms with Gasteiger partial charge in [0.1, 0.15) is 0 Å². The molecule has 19 heavy (non-hydrogen) atoms. The van der Waals surface area contributed by atoms with Crippen LogP contribution in [0, 0.1) is 0 Å². The van der Waals surface area contributed by atoms with Crippen molar-refractivity contribution in [2.45, 2.75) is 45.2 Å². The summed E-state index contributed by atoms with van der Waals surface area (Å²) >= 11 is 0. The maximum absolute atomic E-state index is 12.2. The number of hydrogen-bond donors (Lipinski definition) is 2. The van der Waals surface area contributed by atoms with Gasteiger partial charge in [0, 0.05) is 18.6 Å². The van der Waals surface area contributed by atoms with E-state index >= 15 is 0 Å². The third-order valence-electron chi connectivity index (χ3n) is 3.03. The molecule has 7 heteroatoms. The number of sulfonamides is 1. The van der Waals surface area contributed by atoms with Crippen molar-refractivity contribution < 1.29 is 13.2 Å². The third kappa shape index (κ3) is 5.46. The SMILES string of the molecule is CCNC1CCCN(CC(C)(C)NS(C)(=O)=O)C1=O. The number of nitrogens with one attached hydrogen (secondary N) is 2. The number of piperidine rings is 1. The average Bonchev–Trinajstić information content (AvgIpc) is 2.20. The van der Waals surface area contributed by atoms with Crippen molar-refractivity contribution in [1.29, 1.82) is 0 Å². The molecule has 0 bridgehead atoms. The lowest BCUT2D eigenvalue weighted by atomic mass is 10.0. The lowest BCUT2D eigenvalue weighted by Crippen LogP contribution is -2.57. The number of nitrogens with zero attached hydrogens (tertiary/aromatic N) is 1. The molecule has 1 amide bonds. The minimum atomic E-state index is -3.28. The second-order valence-electron chi connectivity index (χ2n) is 5.77. The Balaban J connectivity index is 2.67. The molecule has 1 saturated heterocycles. The molecule has 0 radical (unpaired) electrons. The molecule has 0 aromatic heterocycles. The van der Waals surface area contributed by atoms with Gasteiger partial charge >= 0.3 is 0 Å². The lowest BCUT2D eigenvalue weighted by Gasteiger charge is -2.38. The van der Waals surface area contributed by atoms with Crippen molar-refractivity contribution in [2.24, 2.45) is 0 Å². The number of likely N-dealkylation sites (tertiary alicyclic amines) is 1. The molecule has 1 aliphatic heterocycles. The van der Waals surface area contributed by atoms with Crippen molar-refractivity contribution in [3.05, 3.63) is 0 Å². The van der Waals surface area contributed by atoms with Gasteiger partial charge in [-0.2, -0.15) is 0 Å². The van der Waals surface area contributed by atoms with Crippen molar-refractivity contribution >= 4 is 15.9 Å². The Morgan fingerprint density at radius 1 is 1.42 bits per heavy atom. The number of carbonyl (C=O) groups is 1. The Hall–Kier alpha value is -0.660. The van der Waals surface area contributed by atoms with Gasteiger partial charge in [-0.05, 0) is 33.2 Å². The summed E-state index contributed by atoms with van der Waals surface area (Å²) in [6.45, 7) is 7.39. The third-order valence-corrected chi connectivity index (χ3v) is 3.95. The predicted molar refractivity (Wildman–Crippen MR) is 75.3 cm³/mol. The summed E-state index contributed by atoms with van der Waals surface area (Å²) in [5.74, 6) is 0.0662. The Morgan fingerprint density at radius 3 is 2.58 bits per heavy atom. The van der Waals surface area contributed by atoms with Crippen LogP contribution in [0.1, 0.15) is 33.6 Å². The van der Waals surface area contributed by atoms with Gasteiger partial charge in [-0.1, -0.05) is 6.92 Å². The van der Waals surface area contributed by atoms with E-state index in [1.807, 2.05) is 6.92 Å². The first-order chi connectivity index (χ1) is 8.64. The first-order valence-electron chi connectivity index (χ1n) is 6.66. The Labute approximate surface area is 116 Å². The highest BCUT2D eigenvalue weighted by molar-refractivity contribution is 7.88. The molecular formula is C12H25N3O3S. The number of carbonyl (C=O) groups excluding carboxylic acids is 1. The normalized spacial score (nSPS) is 21.8. The molecule has 0 spiro atoms. The molecule has 0 aromatic rings. The van der Waals surface area contributed by atoms with Crippen LogP contribution in [-0.4, -0.2) is 56.7 Å². The molecule has 1 fully saturated rings. The van der Waals surface area contributed by atoms with E-state index in [1.165, 1.54) is 0 Å². The highest BCUT2D eigenvalue weighted by Crippen LogP contribution is 2.15. The Bertz CT molecular complexity index is 418. The highest BCUT2D eigenvalue weighted by Gasteiger charge is 2.33. The maximum Gasteiger partial charge on any atom is 0.239 e. The van der Waals surface area contributed by atoms with Crippen LogP contribution in [0.4, 0.5) is 0 Å². The van der Waals surface area contributed by atoms with Gasteiger partial charge < -0.3 is 10.2 Å². The molecule has 1 heterocycles. The second-order valence-corrected chi connectivity index (χ2v) is 7.52. The van der Waals surface area contributed by atoms with Gasteiger partial charge in [-0.25, -0.2) is 13.1 Å². The molecule has 0 aromatic carbocycles. The van der Waals surface area contributed by atoms with Gasteiger partial charge in [0.2, 0.25) is 15.9 Å². The van der Waals surface area contributed by atoms with E-state index in [0.29, 0.717) is 13.1 Å². The predicted octanol–water partition coefficient (Wildman–Crippen LogP) is -0.0853. The molecule has 0 saturated carbocycles. The zero-order chi connectivity index (χ0) is 14.7. The zero-order valence-electron chi connectivity index (χ0n) is 12.2. The quantitative estimate of drug-likeness (QED) is 0.717. The van der Waals surface area contributed by atoms with Gasteiger partial charge in [-0.15, -0.1) is 0 Å². The van der Waals surface area contributed by atoms with E-state index in [9.17, 15) is 13.2 Å². The Kier molecular flexibility index (Phi) is 5.34.